The lowest BCUT2D eigenvalue weighted by Crippen LogP contribution is -2.14. The molecule has 4 rings (SSSR count). The second-order valence-electron chi connectivity index (χ2n) is 8.26. The summed E-state index contributed by atoms with van der Waals surface area (Å²) < 4.78 is 1.99. The van der Waals surface area contributed by atoms with Crippen molar-refractivity contribution >= 4 is 17.2 Å². The maximum Gasteiger partial charge on any atom is 0.220 e. The van der Waals surface area contributed by atoms with E-state index in [1.807, 2.05) is 42.8 Å². The summed E-state index contributed by atoms with van der Waals surface area (Å²) in [6.07, 6.45) is 16.9. The van der Waals surface area contributed by atoms with Crippen LogP contribution >= 0.6 is 0 Å². The molecule has 28 heavy (non-hydrogen) atoms. The van der Waals surface area contributed by atoms with Gasteiger partial charge >= 0.3 is 0 Å². The van der Waals surface area contributed by atoms with Gasteiger partial charge in [0.2, 0.25) is 5.95 Å². The Morgan fingerprint density at radius 3 is 2.50 bits per heavy atom. The fraction of sp³-hybridized carbons (Fsp3) is 0.435. The molecule has 148 valence electrons. The van der Waals surface area contributed by atoms with Crippen molar-refractivity contribution in [1.82, 2.24) is 19.4 Å². The summed E-state index contributed by atoms with van der Waals surface area (Å²) in [4.78, 5) is 12.6. The molecule has 0 radical (unpaired) electrons. The quantitative estimate of drug-likeness (QED) is 0.645. The van der Waals surface area contributed by atoms with Crippen LogP contribution in [0, 0.1) is 12.3 Å². The molecule has 0 saturated heterocycles. The first-order chi connectivity index (χ1) is 13.4. The summed E-state index contributed by atoms with van der Waals surface area (Å²) in [5.74, 6) is 0.298. The number of fused-ring (bicyclic) bond motifs is 1. The molecule has 0 unspecified atom stereocenters. The number of imidazole rings is 1. The maximum absolute atomic E-state index is 5.61. The smallest absolute Gasteiger partial charge is 0.220 e. The van der Waals surface area contributed by atoms with Gasteiger partial charge in [0.1, 0.15) is 5.65 Å². The van der Waals surface area contributed by atoms with Crippen molar-refractivity contribution in [3.05, 3.63) is 59.8 Å². The van der Waals surface area contributed by atoms with E-state index < -0.39 is 0 Å². The summed E-state index contributed by atoms with van der Waals surface area (Å²) in [7, 11) is 0. The van der Waals surface area contributed by atoms with Crippen LogP contribution in [0.15, 0.2) is 43.0 Å². The first-order valence-electron chi connectivity index (χ1n) is 10.1. The van der Waals surface area contributed by atoms with Crippen molar-refractivity contribution in [2.45, 2.75) is 59.8 Å². The SMILES string of the molecule is C/C=C(/c1ccc2nccn2c1)c1cnc(N)nc1C.CC1(C)CCCCC1. The number of hydrogen-bond donors (Lipinski definition) is 1. The summed E-state index contributed by atoms with van der Waals surface area (Å²) in [5, 5.41) is 0. The molecule has 1 fully saturated rings. The third-order valence-corrected chi connectivity index (χ3v) is 5.48. The summed E-state index contributed by atoms with van der Waals surface area (Å²) in [6, 6.07) is 4.04. The van der Waals surface area contributed by atoms with Gasteiger partial charge in [0, 0.05) is 30.4 Å². The second-order valence-corrected chi connectivity index (χ2v) is 8.26. The van der Waals surface area contributed by atoms with E-state index in [1.54, 1.807) is 12.4 Å². The number of allylic oxidation sites excluding steroid dienone is 1. The van der Waals surface area contributed by atoms with Gasteiger partial charge in [0.05, 0.1) is 5.69 Å². The number of nitrogens with two attached hydrogens (primary N) is 1. The van der Waals surface area contributed by atoms with Crippen LogP contribution in [0.1, 0.15) is 69.7 Å². The molecule has 5 nitrogen and oxygen atoms in total. The van der Waals surface area contributed by atoms with E-state index in [1.165, 1.54) is 32.1 Å². The highest BCUT2D eigenvalue weighted by Crippen LogP contribution is 2.34. The molecule has 2 N–H and O–H groups in total. The van der Waals surface area contributed by atoms with Crippen LogP contribution in [0.3, 0.4) is 0 Å². The molecular formula is C23H31N5. The second kappa shape index (κ2) is 8.55. The number of anilines is 1. The molecule has 3 aromatic rings. The van der Waals surface area contributed by atoms with E-state index in [0.29, 0.717) is 11.4 Å². The molecule has 0 aromatic carbocycles. The van der Waals surface area contributed by atoms with Gasteiger partial charge in [-0.05, 0) is 55.4 Å². The molecule has 0 atom stereocenters. The van der Waals surface area contributed by atoms with Gasteiger partial charge in [-0.25, -0.2) is 15.0 Å². The Balaban J connectivity index is 0.000000236. The van der Waals surface area contributed by atoms with Gasteiger partial charge in [-0.3, -0.25) is 0 Å². The monoisotopic (exact) mass is 377 g/mol. The number of hydrogen-bond acceptors (Lipinski definition) is 4. The number of pyridine rings is 1. The third kappa shape index (κ3) is 4.77. The van der Waals surface area contributed by atoms with E-state index in [4.69, 9.17) is 5.73 Å². The lowest BCUT2D eigenvalue weighted by Gasteiger charge is -2.28. The zero-order valence-electron chi connectivity index (χ0n) is 17.4. The molecule has 1 aliphatic carbocycles. The molecule has 0 spiro atoms. The first kappa shape index (κ1) is 20.1. The highest BCUT2D eigenvalue weighted by Gasteiger charge is 2.19. The minimum absolute atomic E-state index is 0.298. The minimum Gasteiger partial charge on any atom is -0.368 e. The minimum atomic E-state index is 0.298. The van der Waals surface area contributed by atoms with Crippen molar-refractivity contribution < 1.29 is 0 Å². The standard InChI is InChI=1S/C15H15N5.C8H16/c1-3-12(13-8-18-15(16)19-10(13)2)11-4-5-14-17-6-7-20(14)9-11;1-8(2)6-4-3-5-7-8/h3-9H,1-2H3,(H2,16,18,19);3-7H2,1-2H3/b12-3-;. The van der Waals surface area contributed by atoms with E-state index in [2.05, 4.69) is 34.9 Å². The number of aromatic nitrogens is 4. The zero-order chi connectivity index (χ0) is 20.1. The van der Waals surface area contributed by atoms with Gasteiger partial charge in [-0.15, -0.1) is 0 Å². The molecule has 1 saturated carbocycles. The van der Waals surface area contributed by atoms with Crippen molar-refractivity contribution in [3.8, 4) is 0 Å². The van der Waals surface area contributed by atoms with Gasteiger partial charge in [-0.1, -0.05) is 39.2 Å². The fourth-order valence-electron chi connectivity index (χ4n) is 3.82. The molecular weight excluding hydrogens is 346 g/mol. The topological polar surface area (TPSA) is 69.1 Å². The molecule has 5 heteroatoms. The van der Waals surface area contributed by atoms with Gasteiger partial charge in [0.15, 0.2) is 0 Å². The van der Waals surface area contributed by atoms with Crippen LogP contribution in [0.5, 0.6) is 0 Å². The summed E-state index contributed by atoms with van der Waals surface area (Å²) >= 11 is 0. The fourth-order valence-corrected chi connectivity index (χ4v) is 3.82. The first-order valence-corrected chi connectivity index (χ1v) is 10.1. The highest BCUT2D eigenvalue weighted by atomic mass is 15.0. The Morgan fingerprint density at radius 2 is 1.89 bits per heavy atom. The zero-order valence-corrected chi connectivity index (χ0v) is 17.4. The van der Waals surface area contributed by atoms with Crippen LogP contribution in [-0.4, -0.2) is 19.4 Å². The van der Waals surface area contributed by atoms with E-state index in [0.717, 1.165) is 28.0 Å². The molecule has 3 aromatic heterocycles. The molecule has 0 aliphatic heterocycles. The van der Waals surface area contributed by atoms with Crippen LogP contribution < -0.4 is 5.73 Å². The molecule has 0 bridgehead atoms. The van der Waals surface area contributed by atoms with Gasteiger partial charge < -0.3 is 10.1 Å². The number of nitrogens with zero attached hydrogens (tertiary/aromatic N) is 4. The van der Waals surface area contributed by atoms with Gasteiger partial charge in [-0.2, -0.15) is 0 Å². The van der Waals surface area contributed by atoms with Crippen LogP contribution in [0.2, 0.25) is 0 Å². The van der Waals surface area contributed by atoms with Crippen molar-refractivity contribution in [1.29, 1.82) is 0 Å². The summed E-state index contributed by atoms with van der Waals surface area (Å²) in [6.45, 7) is 8.70. The highest BCUT2D eigenvalue weighted by molar-refractivity contribution is 5.80. The lowest BCUT2D eigenvalue weighted by atomic mass is 9.78. The Labute approximate surface area is 167 Å². The van der Waals surface area contributed by atoms with E-state index in [-0.39, 0.29) is 0 Å². The predicted octanol–water partition coefficient (Wildman–Crippen LogP) is 5.44. The van der Waals surface area contributed by atoms with E-state index in [9.17, 15) is 0 Å². The third-order valence-electron chi connectivity index (χ3n) is 5.48. The van der Waals surface area contributed by atoms with Crippen LogP contribution in [0.4, 0.5) is 5.95 Å². The Bertz CT molecular complexity index is 960. The van der Waals surface area contributed by atoms with Crippen molar-refractivity contribution in [3.63, 3.8) is 0 Å². The normalized spacial score (nSPS) is 16.5. The largest absolute Gasteiger partial charge is 0.368 e. The molecule has 0 amide bonds. The average Bonchev–Trinajstić information content (AvgIpc) is 3.12. The Hall–Kier alpha value is -2.69. The van der Waals surface area contributed by atoms with Crippen LogP contribution in [0.25, 0.3) is 11.2 Å². The molecule has 3 heterocycles. The predicted molar refractivity (Wildman–Crippen MR) is 116 cm³/mol. The number of aryl methyl sites for hydroxylation is 1. The van der Waals surface area contributed by atoms with Gasteiger partial charge in [0.25, 0.3) is 0 Å². The van der Waals surface area contributed by atoms with Crippen molar-refractivity contribution in [2.75, 3.05) is 5.73 Å². The Morgan fingerprint density at radius 1 is 1.14 bits per heavy atom. The van der Waals surface area contributed by atoms with Crippen LogP contribution in [-0.2, 0) is 0 Å². The number of rotatable bonds is 2. The van der Waals surface area contributed by atoms with E-state index >= 15 is 0 Å². The average molecular weight is 378 g/mol. The van der Waals surface area contributed by atoms with Crippen molar-refractivity contribution in [2.24, 2.45) is 5.41 Å². The maximum atomic E-state index is 5.61. The summed E-state index contributed by atoms with van der Waals surface area (Å²) in [5.41, 5.74) is 11.3. The molecule has 1 aliphatic rings. The lowest BCUT2D eigenvalue weighted by molar-refractivity contribution is 0.244. The Kier molecular flexibility index (Phi) is 6.12. The number of nitrogen functional groups attached to an aromatic ring is 1.